The highest BCUT2D eigenvalue weighted by molar-refractivity contribution is 6.31. The topological polar surface area (TPSA) is 61.4 Å². The fourth-order valence-corrected chi connectivity index (χ4v) is 3.80. The minimum absolute atomic E-state index is 0.0467. The molecule has 2 aromatic rings. The van der Waals surface area contributed by atoms with Crippen molar-refractivity contribution in [3.63, 3.8) is 0 Å². The predicted octanol–water partition coefficient (Wildman–Crippen LogP) is 3.34. The van der Waals surface area contributed by atoms with Gasteiger partial charge in [-0.3, -0.25) is 4.79 Å². The molecule has 1 unspecified atom stereocenters. The van der Waals surface area contributed by atoms with Gasteiger partial charge in [-0.15, -0.1) is 0 Å². The maximum atomic E-state index is 12.8. The van der Waals surface area contributed by atoms with Crippen LogP contribution in [0.25, 0.3) is 0 Å². The van der Waals surface area contributed by atoms with Crippen LogP contribution in [0.3, 0.4) is 0 Å². The van der Waals surface area contributed by atoms with E-state index in [1.165, 1.54) is 19.3 Å². The Kier molecular flexibility index (Phi) is 4.93. The first-order chi connectivity index (χ1) is 12.7. The maximum Gasteiger partial charge on any atom is 0.249 e. The molecule has 1 N–H and O–H groups in total. The highest BCUT2D eigenvalue weighted by Crippen LogP contribution is 2.26. The fraction of sp³-hybridized carbons (Fsp3) is 0.421. The van der Waals surface area contributed by atoms with Crippen molar-refractivity contribution in [1.29, 1.82) is 0 Å². The van der Waals surface area contributed by atoms with Gasteiger partial charge in [0.2, 0.25) is 5.91 Å². The first kappa shape index (κ1) is 17.1. The number of aromatic nitrogens is 2. The lowest BCUT2D eigenvalue weighted by Crippen LogP contribution is -2.34. The lowest BCUT2D eigenvalue weighted by Gasteiger charge is -2.27. The Balaban J connectivity index is 1.45. The van der Waals surface area contributed by atoms with Crippen molar-refractivity contribution in [1.82, 2.24) is 9.97 Å². The summed E-state index contributed by atoms with van der Waals surface area (Å²) >= 11 is 6.05. The van der Waals surface area contributed by atoms with Gasteiger partial charge in [0.1, 0.15) is 24.0 Å². The van der Waals surface area contributed by atoms with E-state index in [-0.39, 0.29) is 11.9 Å². The average molecular weight is 372 g/mol. The van der Waals surface area contributed by atoms with Gasteiger partial charge >= 0.3 is 0 Å². The number of anilines is 3. The van der Waals surface area contributed by atoms with E-state index in [9.17, 15) is 4.79 Å². The lowest BCUT2D eigenvalue weighted by atomic mass is 10.1. The number of halogens is 1. The molecule has 1 amide bonds. The third-order valence-electron chi connectivity index (χ3n) is 4.98. The monoisotopic (exact) mass is 371 g/mol. The summed E-state index contributed by atoms with van der Waals surface area (Å²) in [5.41, 5.74) is 0.837. The average Bonchev–Trinajstić information content (AvgIpc) is 3.03. The highest BCUT2D eigenvalue weighted by Gasteiger charge is 2.33. The number of hydrogen-bond acceptors (Lipinski definition) is 5. The van der Waals surface area contributed by atoms with E-state index in [2.05, 4.69) is 20.2 Å². The Morgan fingerprint density at radius 3 is 2.73 bits per heavy atom. The molecule has 0 aliphatic carbocycles. The van der Waals surface area contributed by atoms with Crippen LogP contribution in [0.1, 0.15) is 25.7 Å². The van der Waals surface area contributed by atoms with Gasteiger partial charge in [-0.1, -0.05) is 17.7 Å². The van der Waals surface area contributed by atoms with Gasteiger partial charge in [0, 0.05) is 36.4 Å². The van der Waals surface area contributed by atoms with E-state index in [1.807, 2.05) is 30.3 Å². The van der Waals surface area contributed by atoms with Crippen LogP contribution in [0, 0.1) is 0 Å². The van der Waals surface area contributed by atoms with Gasteiger partial charge in [-0.25, -0.2) is 9.97 Å². The van der Waals surface area contributed by atoms with Crippen molar-refractivity contribution in [2.24, 2.45) is 0 Å². The summed E-state index contributed by atoms with van der Waals surface area (Å²) in [4.78, 5) is 25.5. The van der Waals surface area contributed by atoms with Gasteiger partial charge in [0.25, 0.3) is 0 Å². The summed E-state index contributed by atoms with van der Waals surface area (Å²) < 4.78 is 0. The van der Waals surface area contributed by atoms with Gasteiger partial charge in [0.15, 0.2) is 0 Å². The van der Waals surface area contributed by atoms with Crippen LogP contribution >= 0.6 is 11.6 Å². The summed E-state index contributed by atoms with van der Waals surface area (Å²) in [7, 11) is 0. The minimum atomic E-state index is -0.280. The highest BCUT2D eigenvalue weighted by atomic mass is 35.5. The number of carbonyl (C=O) groups is 1. The summed E-state index contributed by atoms with van der Waals surface area (Å²) in [6, 6.07) is 9.07. The zero-order valence-corrected chi connectivity index (χ0v) is 15.3. The number of rotatable bonds is 4. The predicted molar refractivity (Wildman–Crippen MR) is 104 cm³/mol. The zero-order chi connectivity index (χ0) is 17.9. The molecular weight excluding hydrogens is 350 g/mol. The summed E-state index contributed by atoms with van der Waals surface area (Å²) in [6.45, 7) is 2.73. The molecule has 26 heavy (non-hydrogen) atoms. The Hall–Kier alpha value is -2.34. The number of amides is 1. The SMILES string of the molecule is O=C1C(Nc2cc(N3CCCCC3)ncn2)CCN1c1cccc(Cl)c1. The molecule has 1 atom stereocenters. The fourth-order valence-electron chi connectivity index (χ4n) is 3.61. The molecule has 1 aromatic heterocycles. The number of nitrogens with zero attached hydrogens (tertiary/aromatic N) is 4. The molecule has 2 saturated heterocycles. The molecule has 2 aliphatic rings. The first-order valence-electron chi connectivity index (χ1n) is 9.11. The number of carbonyl (C=O) groups excluding carboxylic acids is 1. The second-order valence-electron chi connectivity index (χ2n) is 6.76. The quantitative estimate of drug-likeness (QED) is 0.893. The number of hydrogen-bond donors (Lipinski definition) is 1. The number of benzene rings is 1. The van der Waals surface area contributed by atoms with Crippen LogP contribution in [-0.4, -0.2) is 41.6 Å². The third kappa shape index (κ3) is 3.60. The molecule has 2 aliphatic heterocycles. The molecule has 3 heterocycles. The molecular formula is C19H22ClN5O. The van der Waals surface area contributed by atoms with Crippen LogP contribution in [0.4, 0.5) is 17.3 Å². The van der Waals surface area contributed by atoms with Gasteiger partial charge in [-0.2, -0.15) is 0 Å². The standard InChI is InChI=1S/C19H22ClN5O/c20-14-5-4-6-15(11-14)25-10-7-16(19(25)26)23-17-12-18(22-13-21-17)24-8-2-1-3-9-24/h4-6,11-13,16H,1-3,7-10H2,(H,21,22,23). The third-order valence-corrected chi connectivity index (χ3v) is 5.22. The molecule has 1 aromatic carbocycles. The lowest BCUT2D eigenvalue weighted by molar-refractivity contribution is -0.117. The molecule has 2 fully saturated rings. The van der Waals surface area contributed by atoms with E-state index >= 15 is 0 Å². The van der Waals surface area contributed by atoms with Crippen molar-refractivity contribution in [2.45, 2.75) is 31.7 Å². The van der Waals surface area contributed by atoms with E-state index in [4.69, 9.17) is 11.6 Å². The second kappa shape index (κ2) is 7.50. The van der Waals surface area contributed by atoms with Crippen molar-refractivity contribution in [3.05, 3.63) is 41.7 Å². The smallest absolute Gasteiger partial charge is 0.249 e. The molecule has 4 rings (SSSR count). The molecule has 0 saturated carbocycles. The largest absolute Gasteiger partial charge is 0.358 e. The van der Waals surface area contributed by atoms with Crippen LogP contribution in [0.2, 0.25) is 5.02 Å². The Labute approximate surface area is 158 Å². The van der Waals surface area contributed by atoms with Crippen molar-refractivity contribution < 1.29 is 4.79 Å². The molecule has 0 bridgehead atoms. The van der Waals surface area contributed by atoms with Gasteiger partial charge in [-0.05, 0) is 43.9 Å². The van der Waals surface area contributed by atoms with E-state index in [1.54, 1.807) is 11.2 Å². The summed E-state index contributed by atoms with van der Waals surface area (Å²) in [5.74, 6) is 1.68. The summed E-state index contributed by atoms with van der Waals surface area (Å²) in [5, 5.41) is 3.92. The van der Waals surface area contributed by atoms with Crippen LogP contribution in [-0.2, 0) is 4.79 Å². The van der Waals surface area contributed by atoms with E-state index in [0.717, 1.165) is 31.0 Å². The van der Waals surface area contributed by atoms with Crippen molar-refractivity contribution in [2.75, 3.05) is 34.8 Å². The Morgan fingerprint density at radius 1 is 1.08 bits per heavy atom. The summed E-state index contributed by atoms with van der Waals surface area (Å²) in [6.07, 6.45) is 5.97. The maximum absolute atomic E-state index is 12.8. The van der Waals surface area contributed by atoms with E-state index in [0.29, 0.717) is 17.4 Å². The molecule has 0 radical (unpaired) electrons. The Morgan fingerprint density at radius 2 is 1.92 bits per heavy atom. The Bertz CT molecular complexity index is 793. The second-order valence-corrected chi connectivity index (χ2v) is 7.20. The normalized spacial score (nSPS) is 20.5. The molecule has 0 spiro atoms. The van der Waals surface area contributed by atoms with Crippen LogP contribution < -0.4 is 15.1 Å². The van der Waals surface area contributed by atoms with Gasteiger partial charge < -0.3 is 15.1 Å². The van der Waals surface area contributed by atoms with E-state index < -0.39 is 0 Å². The molecule has 7 heteroatoms. The van der Waals surface area contributed by atoms with Crippen molar-refractivity contribution in [3.8, 4) is 0 Å². The van der Waals surface area contributed by atoms with Crippen LogP contribution in [0.5, 0.6) is 0 Å². The van der Waals surface area contributed by atoms with Crippen LogP contribution in [0.15, 0.2) is 36.7 Å². The molecule has 136 valence electrons. The minimum Gasteiger partial charge on any atom is -0.358 e. The number of nitrogens with one attached hydrogen (secondary N) is 1. The van der Waals surface area contributed by atoms with Crippen molar-refractivity contribution >= 4 is 34.8 Å². The van der Waals surface area contributed by atoms with Gasteiger partial charge in [0.05, 0.1) is 0 Å². The first-order valence-corrected chi connectivity index (χ1v) is 9.49. The zero-order valence-electron chi connectivity index (χ0n) is 14.6. The molecule has 6 nitrogen and oxygen atoms in total. The number of piperidine rings is 1.